The predicted molar refractivity (Wildman–Crippen MR) is 131 cm³/mol. The lowest BCUT2D eigenvalue weighted by Crippen LogP contribution is -2.34. The maximum absolute atomic E-state index is 12.4. The van der Waals surface area contributed by atoms with Crippen molar-refractivity contribution in [3.8, 4) is 17.2 Å². The maximum Gasteiger partial charge on any atom is 0.251 e. The van der Waals surface area contributed by atoms with Crippen molar-refractivity contribution in [2.75, 3.05) is 13.1 Å². The van der Waals surface area contributed by atoms with E-state index in [1.54, 1.807) is 41.2 Å². The van der Waals surface area contributed by atoms with E-state index < -0.39 is 0 Å². The summed E-state index contributed by atoms with van der Waals surface area (Å²) in [6.45, 7) is 1.24. The minimum Gasteiger partial charge on any atom is -0.508 e. The quantitative estimate of drug-likeness (QED) is 0.252. The van der Waals surface area contributed by atoms with E-state index in [1.165, 1.54) is 30.3 Å². The number of amides is 2. The summed E-state index contributed by atoms with van der Waals surface area (Å²) in [4.78, 5) is 24.4. The van der Waals surface area contributed by atoms with Crippen LogP contribution in [0.5, 0.6) is 17.2 Å². The van der Waals surface area contributed by atoms with Gasteiger partial charge in [0.15, 0.2) is 0 Å². The minimum atomic E-state index is -0.282. The molecule has 0 fully saturated rings. The van der Waals surface area contributed by atoms with E-state index >= 15 is 0 Å². The van der Waals surface area contributed by atoms with Crippen LogP contribution in [0.1, 0.15) is 32.0 Å². The summed E-state index contributed by atoms with van der Waals surface area (Å²) in [5.74, 6) is 0.235. The molecule has 1 aromatic heterocycles. The van der Waals surface area contributed by atoms with Gasteiger partial charge in [0.1, 0.15) is 29.5 Å². The second kappa shape index (κ2) is 11.5. The molecule has 4 aromatic rings. The third kappa shape index (κ3) is 6.83. The van der Waals surface area contributed by atoms with Crippen molar-refractivity contribution in [2.24, 2.45) is 0 Å². The second-order valence-electron chi connectivity index (χ2n) is 7.95. The first kappa shape index (κ1) is 24.3. The third-order valence-electron chi connectivity index (χ3n) is 5.18. The number of nitrogens with one attached hydrogen (secondary N) is 2. The first-order valence-corrected chi connectivity index (χ1v) is 11.2. The van der Waals surface area contributed by atoms with E-state index in [9.17, 15) is 19.8 Å². The normalized spacial score (nSPS) is 10.6. The van der Waals surface area contributed by atoms with Crippen molar-refractivity contribution in [1.29, 1.82) is 0 Å². The molecule has 0 aliphatic heterocycles. The molecule has 3 aromatic carbocycles. The molecule has 184 valence electrons. The molecule has 0 bridgehead atoms. The monoisotopic (exact) mass is 487 g/mol. The SMILES string of the molecule is O=C(NCCNC(=O)c1ccc(Cn2cc(COc3cccc(O)c3)nn2)cc1)c1ccc(O)cc1. The van der Waals surface area contributed by atoms with Crippen LogP contribution in [-0.2, 0) is 13.2 Å². The van der Waals surface area contributed by atoms with Crippen LogP contribution in [0.2, 0.25) is 0 Å². The molecule has 0 aliphatic carbocycles. The number of carbonyl (C=O) groups is 2. The fourth-order valence-electron chi connectivity index (χ4n) is 3.33. The number of ether oxygens (including phenoxy) is 1. The largest absolute Gasteiger partial charge is 0.508 e. The van der Waals surface area contributed by atoms with Crippen molar-refractivity contribution < 1.29 is 24.5 Å². The van der Waals surface area contributed by atoms with Gasteiger partial charge >= 0.3 is 0 Å². The Morgan fingerprint density at radius 2 is 1.47 bits per heavy atom. The van der Waals surface area contributed by atoms with Gasteiger partial charge in [0.2, 0.25) is 0 Å². The first-order chi connectivity index (χ1) is 17.5. The minimum absolute atomic E-state index is 0.0897. The van der Waals surface area contributed by atoms with Crippen LogP contribution in [0.25, 0.3) is 0 Å². The number of nitrogens with zero attached hydrogens (tertiary/aromatic N) is 3. The van der Waals surface area contributed by atoms with E-state index in [-0.39, 0.29) is 43.0 Å². The van der Waals surface area contributed by atoms with Crippen molar-refractivity contribution >= 4 is 11.8 Å². The smallest absolute Gasteiger partial charge is 0.251 e. The summed E-state index contributed by atoms with van der Waals surface area (Å²) in [5.41, 5.74) is 2.52. The number of hydrogen-bond donors (Lipinski definition) is 4. The summed E-state index contributed by atoms with van der Waals surface area (Å²) in [6, 6.07) is 19.6. The summed E-state index contributed by atoms with van der Waals surface area (Å²) < 4.78 is 7.28. The average Bonchev–Trinajstić information content (AvgIpc) is 3.33. The van der Waals surface area contributed by atoms with Crippen LogP contribution < -0.4 is 15.4 Å². The van der Waals surface area contributed by atoms with E-state index in [1.807, 2.05) is 12.1 Å². The molecule has 0 unspecified atom stereocenters. The van der Waals surface area contributed by atoms with Crippen LogP contribution in [0, 0.1) is 0 Å². The Morgan fingerprint density at radius 3 is 2.11 bits per heavy atom. The lowest BCUT2D eigenvalue weighted by Gasteiger charge is -2.08. The molecule has 10 nitrogen and oxygen atoms in total. The molecular formula is C26H25N5O5. The van der Waals surface area contributed by atoms with Crippen molar-refractivity contribution in [3.63, 3.8) is 0 Å². The molecule has 0 saturated carbocycles. The zero-order chi connectivity index (χ0) is 25.3. The molecule has 4 N–H and O–H groups in total. The molecule has 0 radical (unpaired) electrons. The van der Waals surface area contributed by atoms with Crippen LogP contribution in [0.15, 0.2) is 79.0 Å². The Morgan fingerprint density at radius 1 is 0.833 bits per heavy atom. The van der Waals surface area contributed by atoms with E-state index in [0.717, 1.165) is 5.56 Å². The molecule has 0 saturated heterocycles. The molecule has 0 aliphatic rings. The predicted octanol–water partition coefficient (Wildman–Crippen LogP) is 2.48. The Balaban J connectivity index is 1.20. The van der Waals surface area contributed by atoms with Gasteiger partial charge in [-0.2, -0.15) is 0 Å². The third-order valence-corrected chi connectivity index (χ3v) is 5.18. The second-order valence-corrected chi connectivity index (χ2v) is 7.95. The van der Waals surface area contributed by atoms with Crippen LogP contribution in [-0.4, -0.2) is 50.1 Å². The van der Waals surface area contributed by atoms with Gasteiger partial charge in [0, 0.05) is 30.3 Å². The standard InChI is InChI=1S/C26H25N5O5/c32-22-10-8-20(9-11-22)26(35)28-13-12-27-25(34)19-6-4-18(5-7-19)15-31-16-21(29-30-31)17-36-24-3-1-2-23(33)14-24/h1-11,14,16,32-33H,12-13,15,17H2,(H,27,34)(H,28,35). The highest BCUT2D eigenvalue weighted by molar-refractivity contribution is 5.95. The van der Waals surface area contributed by atoms with Gasteiger partial charge in [-0.25, -0.2) is 4.68 Å². The van der Waals surface area contributed by atoms with Gasteiger partial charge in [-0.1, -0.05) is 23.4 Å². The molecule has 10 heteroatoms. The Kier molecular flexibility index (Phi) is 7.76. The summed E-state index contributed by atoms with van der Waals surface area (Å²) in [5, 5.41) is 32.4. The van der Waals surface area contributed by atoms with Gasteiger partial charge < -0.3 is 25.6 Å². The number of phenols is 2. The summed E-state index contributed by atoms with van der Waals surface area (Å²) in [7, 11) is 0. The highest BCUT2D eigenvalue weighted by Crippen LogP contribution is 2.18. The van der Waals surface area contributed by atoms with Gasteiger partial charge in [0.05, 0.1) is 12.7 Å². The fourth-order valence-corrected chi connectivity index (χ4v) is 3.33. The highest BCUT2D eigenvalue weighted by Gasteiger charge is 2.08. The molecule has 0 spiro atoms. The molecule has 0 atom stereocenters. The number of carbonyl (C=O) groups excluding carboxylic acids is 2. The molecule has 2 amide bonds. The molecule has 36 heavy (non-hydrogen) atoms. The van der Waals surface area contributed by atoms with Crippen LogP contribution in [0.3, 0.4) is 0 Å². The number of benzene rings is 3. The number of phenolic OH excluding ortho intramolecular Hbond substituents is 2. The van der Waals surface area contributed by atoms with Crippen molar-refractivity contribution in [2.45, 2.75) is 13.2 Å². The number of aromatic nitrogens is 3. The maximum atomic E-state index is 12.4. The summed E-state index contributed by atoms with van der Waals surface area (Å²) >= 11 is 0. The van der Waals surface area contributed by atoms with E-state index in [2.05, 4.69) is 20.9 Å². The van der Waals surface area contributed by atoms with Crippen molar-refractivity contribution in [3.05, 3.63) is 101 Å². The average molecular weight is 488 g/mol. The Bertz CT molecular complexity index is 1320. The lowest BCUT2D eigenvalue weighted by atomic mass is 10.1. The summed E-state index contributed by atoms with van der Waals surface area (Å²) in [6.07, 6.45) is 1.77. The van der Waals surface area contributed by atoms with E-state index in [0.29, 0.717) is 29.1 Å². The zero-order valence-corrected chi connectivity index (χ0v) is 19.3. The highest BCUT2D eigenvalue weighted by atomic mass is 16.5. The van der Waals surface area contributed by atoms with Crippen LogP contribution >= 0.6 is 0 Å². The van der Waals surface area contributed by atoms with Gasteiger partial charge in [0.25, 0.3) is 11.8 Å². The first-order valence-electron chi connectivity index (χ1n) is 11.2. The lowest BCUT2D eigenvalue weighted by molar-refractivity contribution is 0.0927. The topological polar surface area (TPSA) is 139 Å². The van der Waals surface area contributed by atoms with Gasteiger partial charge in [-0.05, 0) is 54.1 Å². The van der Waals surface area contributed by atoms with Crippen LogP contribution in [0.4, 0.5) is 0 Å². The molecule has 1 heterocycles. The Hall–Kier alpha value is -4.86. The zero-order valence-electron chi connectivity index (χ0n) is 19.3. The molecular weight excluding hydrogens is 462 g/mol. The van der Waals surface area contributed by atoms with Gasteiger partial charge in [-0.15, -0.1) is 5.10 Å². The van der Waals surface area contributed by atoms with Gasteiger partial charge in [-0.3, -0.25) is 9.59 Å². The van der Waals surface area contributed by atoms with E-state index in [4.69, 9.17) is 4.74 Å². The molecule has 4 rings (SSSR count). The number of hydrogen-bond acceptors (Lipinski definition) is 7. The number of aromatic hydroxyl groups is 2. The fraction of sp³-hybridized carbons (Fsp3) is 0.154. The Labute approximate surface area is 207 Å². The number of rotatable bonds is 10. The van der Waals surface area contributed by atoms with Crippen molar-refractivity contribution in [1.82, 2.24) is 25.6 Å².